The molecule has 0 aliphatic carbocycles. The molecule has 4 unspecified atom stereocenters. The van der Waals surface area contributed by atoms with Crippen molar-refractivity contribution in [2.45, 2.75) is 62.5 Å². The van der Waals surface area contributed by atoms with Crippen LogP contribution in [0.15, 0.2) is 15.8 Å². The maximum absolute atomic E-state index is 12.2. The lowest BCUT2D eigenvalue weighted by Gasteiger charge is -2.39. The zero-order valence-electron chi connectivity index (χ0n) is 18.5. The first-order valence-electron chi connectivity index (χ1n) is 10.3. The number of phosphoric ester groups is 2. The highest BCUT2D eigenvalue weighted by atomic mass is 31.3. The highest BCUT2D eigenvalue weighted by Gasteiger charge is 2.48. The topological polar surface area (TPSA) is 277 Å². The number of aromatic amines is 1. The molecule has 0 aromatic carbocycles. The summed E-state index contributed by atoms with van der Waals surface area (Å²) in [4.78, 5) is 45.2. The van der Waals surface area contributed by atoms with Crippen molar-refractivity contribution >= 4 is 15.6 Å². The number of nitrogens with one attached hydrogen (secondary N) is 1. The fraction of sp³-hybridized carbons (Fsp3) is 0.750. The van der Waals surface area contributed by atoms with E-state index in [2.05, 4.69) is 18.3 Å². The number of aliphatic hydroxyl groups excluding tert-OH is 5. The highest BCUT2D eigenvalue weighted by Crippen LogP contribution is 2.61. The summed E-state index contributed by atoms with van der Waals surface area (Å²) in [6.07, 6.45) is -12.2. The Morgan fingerprint density at radius 2 is 1.72 bits per heavy atom. The maximum atomic E-state index is 12.2. The van der Waals surface area contributed by atoms with Crippen molar-refractivity contribution in [3.63, 3.8) is 0 Å². The lowest BCUT2D eigenvalue weighted by Crippen LogP contribution is -2.58. The van der Waals surface area contributed by atoms with Crippen LogP contribution in [-0.2, 0) is 32.0 Å². The van der Waals surface area contributed by atoms with Gasteiger partial charge in [-0.05, 0) is 6.92 Å². The van der Waals surface area contributed by atoms with E-state index in [0.717, 1.165) is 4.57 Å². The summed E-state index contributed by atoms with van der Waals surface area (Å²) in [6.45, 7) is -0.305. The molecular formula is C16H26N2O16P2. The molecule has 3 rings (SSSR count). The van der Waals surface area contributed by atoms with Crippen LogP contribution in [0.2, 0.25) is 0 Å². The molecule has 18 nitrogen and oxygen atoms in total. The number of aliphatic hydroxyl groups is 5. The van der Waals surface area contributed by atoms with Gasteiger partial charge in [-0.1, -0.05) is 0 Å². The van der Waals surface area contributed by atoms with Crippen LogP contribution in [0.5, 0.6) is 0 Å². The Labute approximate surface area is 201 Å². The average molecular weight is 564 g/mol. The third-order valence-electron chi connectivity index (χ3n) is 5.35. The number of hydrogen-bond acceptors (Lipinski definition) is 14. The van der Waals surface area contributed by atoms with Gasteiger partial charge in [0.1, 0.15) is 36.7 Å². The van der Waals surface area contributed by atoms with E-state index in [-0.39, 0.29) is 12.0 Å². The molecule has 2 saturated heterocycles. The standard InChI is InChI=1S/C16H26N2O16P2/c1-6-3-18(16(25)17-14(6)24)10-2-7(20)9(31-10)5-30-35(26,27)34-36(28,29)33-15-13(23)12(22)11(21)8(4-19)32-15/h3,7-13,15,19-23H,2,4-5H2,1H3,(H,26,27)(H,28,29)(H,17,24,25)/t7-,8+,9+,10?,11-,12-,13+,15?/m0/s1. The first-order chi connectivity index (χ1) is 16.6. The minimum Gasteiger partial charge on any atom is -0.394 e. The summed E-state index contributed by atoms with van der Waals surface area (Å²) in [5, 5.41) is 48.5. The minimum absolute atomic E-state index is 0.172. The van der Waals surface area contributed by atoms with Crippen molar-refractivity contribution in [1.29, 1.82) is 0 Å². The van der Waals surface area contributed by atoms with Crippen LogP contribution >= 0.6 is 15.6 Å². The maximum Gasteiger partial charge on any atom is 0.483 e. The molecule has 206 valence electrons. The Kier molecular flexibility index (Phi) is 9.08. The van der Waals surface area contributed by atoms with Gasteiger partial charge in [0.25, 0.3) is 5.56 Å². The predicted octanol–water partition coefficient (Wildman–Crippen LogP) is -3.46. The van der Waals surface area contributed by atoms with Crippen molar-refractivity contribution in [3.05, 3.63) is 32.6 Å². The minimum atomic E-state index is -5.54. The largest absolute Gasteiger partial charge is 0.483 e. The summed E-state index contributed by atoms with van der Waals surface area (Å²) in [6, 6.07) is 0. The van der Waals surface area contributed by atoms with Gasteiger partial charge in [0.2, 0.25) is 0 Å². The molecular weight excluding hydrogens is 538 g/mol. The Hall–Kier alpha value is -1.34. The van der Waals surface area contributed by atoms with Gasteiger partial charge in [0, 0.05) is 18.2 Å². The molecule has 36 heavy (non-hydrogen) atoms. The summed E-state index contributed by atoms with van der Waals surface area (Å²) < 4.78 is 48.8. The van der Waals surface area contributed by atoms with Gasteiger partial charge in [0.05, 0.1) is 19.3 Å². The van der Waals surface area contributed by atoms with Gasteiger partial charge < -0.3 is 44.8 Å². The molecule has 20 heteroatoms. The third kappa shape index (κ3) is 6.75. The second kappa shape index (κ2) is 11.2. The van der Waals surface area contributed by atoms with E-state index in [4.69, 9.17) is 14.6 Å². The molecule has 8 N–H and O–H groups in total. The quantitative estimate of drug-likeness (QED) is 0.135. The van der Waals surface area contributed by atoms with Gasteiger partial charge in [-0.15, -0.1) is 0 Å². The molecule has 0 amide bonds. The van der Waals surface area contributed by atoms with Crippen molar-refractivity contribution in [3.8, 4) is 0 Å². The molecule has 2 fully saturated rings. The van der Waals surface area contributed by atoms with E-state index in [9.17, 15) is 48.9 Å². The van der Waals surface area contributed by atoms with Gasteiger partial charge in [0.15, 0.2) is 6.29 Å². The van der Waals surface area contributed by atoms with Gasteiger partial charge in [-0.25, -0.2) is 13.9 Å². The number of rotatable bonds is 9. The fourth-order valence-corrected chi connectivity index (χ4v) is 5.62. The molecule has 2 aliphatic rings. The summed E-state index contributed by atoms with van der Waals surface area (Å²) in [5.41, 5.74) is -1.27. The van der Waals surface area contributed by atoms with Crippen LogP contribution in [-0.4, -0.2) is 101 Å². The van der Waals surface area contributed by atoms with Crippen LogP contribution in [0.4, 0.5) is 0 Å². The second-order valence-electron chi connectivity index (χ2n) is 8.03. The number of aromatic nitrogens is 2. The Balaban J connectivity index is 1.59. The third-order valence-corrected chi connectivity index (χ3v) is 7.95. The number of hydrogen-bond donors (Lipinski definition) is 8. The van der Waals surface area contributed by atoms with Crippen molar-refractivity contribution in [1.82, 2.24) is 9.55 Å². The summed E-state index contributed by atoms with van der Waals surface area (Å²) >= 11 is 0. The van der Waals surface area contributed by atoms with E-state index in [1.54, 1.807) is 0 Å². The number of H-pyrrole nitrogens is 1. The van der Waals surface area contributed by atoms with Crippen molar-refractivity contribution in [2.75, 3.05) is 13.2 Å². The lowest BCUT2D eigenvalue weighted by atomic mass is 10.00. The fourth-order valence-electron chi connectivity index (χ4n) is 3.46. The van der Waals surface area contributed by atoms with E-state index in [0.29, 0.717) is 0 Å². The van der Waals surface area contributed by atoms with E-state index in [1.165, 1.54) is 13.1 Å². The predicted molar refractivity (Wildman–Crippen MR) is 112 cm³/mol. The number of phosphoric acid groups is 2. The Morgan fingerprint density at radius 3 is 2.36 bits per heavy atom. The smallest absolute Gasteiger partial charge is 0.394 e. The monoisotopic (exact) mass is 564 g/mol. The van der Waals surface area contributed by atoms with Gasteiger partial charge in [-0.2, -0.15) is 4.31 Å². The van der Waals surface area contributed by atoms with Crippen LogP contribution in [0, 0.1) is 6.92 Å². The van der Waals surface area contributed by atoms with Gasteiger partial charge >= 0.3 is 21.3 Å². The van der Waals surface area contributed by atoms with Crippen molar-refractivity contribution in [2.24, 2.45) is 0 Å². The number of ether oxygens (including phenoxy) is 2. The average Bonchev–Trinajstić information content (AvgIpc) is 3.14. The van der Waals surface area contributed by atoms with E-state index < -0.39 is 89.2 Å². The number of nitrogens with zero attached hydrogens (tertiary/aromatic N) is 1. The van der Waals surface area contributed by atoms with Gasteiger partial charge in [-0.3, -0.25) is 23.4 Å². The molecule has 10 atom stereocenters. The normalized spacial score (nSPS) is 36.3. The summed E-state index contributed by atoms with van der Waals surface area (Å²) in [7, 11) is -10.9. The Bertz CT molecular complexity index is 1140. The van der Waals surface area contributed by atoms with E-state index in [1.807, 2.05) is 0 Å². The van der Waals surface area contributed by atoms with Crippen LogP contribution < -0.4 is 11.2 Å². The molecule has 3 heterocycles. The second-order valence-corrected chi connectivity index (χ2v) is 11.0. The zero-order chi connectivity index (χ0) is 27.0. The van der Waals surface area contributed by atoms with E-state index >= 15 is 0 Å². The molecule has 0 radical (unpaired) electrons. The molecule has 1 aromatic heterocycles. The lowest BCUT2D eigenvalue weighted by molar-refractivity contribution is -0.280. The summed E-state index contributed by atoms with van der Waals surface area (Å²) in [5.74, 6) is 0. The molecule has 1 aromatic rings. The molecule has 0 bridgehead atoms. The van der Waals surface area contributed by atoms with Crippen LogP contribution in [0.1, 0.15) is 18.2 Å². The van der Waals surface area contributed by atoms with Crippen LogP contribution in [0.25, 0.3) is 0 Å². The molecule has 0 saturated carbocycles. The Morgan fingerprint density at radius 1 is 1.06 bits per heavy atom. The first kappa shape index (κ1) is 29.2. The number of aryl methyl sites for hydroxylation is 1. The molecule has 0 spiro atoms. The SMILES string of the molecule is Cc1cn(C2C[C@H](O)[C@@H](COP(=O)(O)OP(=O)(O)OC3O[C@H](CO)[C@H](O)[C@H](O)[C@H]3O)O2)c(=O)[nH]c1=O. The van der Waals surface area contributed by atoms with Crippen LogP contribution in [0.3, 0.4) is 0 Å². The highest BCUT2D eigenvalue weighted by molar-refractivity contribution is 7.61. The van der Waals surface area contributed by atoms with Crippen molar-refractivity contribution < 1.29 is 67.3 Å². The zero-order valence-corrected chi connectivity index (χ0v) is 20.3. The molecule has 2 aliphatic heterocycles. The first-order valence-corrected chi connectivity index (χ1v) is 13.3.